The van der Waals surface area contributed by atoms with Crippen molar-refractivity contribution in [3.63, 3.8) is 0 Å². The van der Waals surface area contributed by atoms with Gasteiger partial charge < -0.3 is 31.4 Å². The highest BCUT2D eigenvalue weighted by molar-refractivity contribution is 7.79. The lowest BCUT2D eigenvalue weighted by atomic mass is 9.69. The Morgan fingerprint density at radius 3 is 0.933 bits per heavy atom. The second kappa shape index (κ2) is 40.0. The van der Waals surface area contributed by atoms with Gasteiger partial charge in [0.15, 0.2) is 0 Å². The van der Waals surface area contributed by atoms with Crippen LogP contribution >= 0.6 is 38.4 Å². The maximum atomic E-state index is 11.4. The Kier molecular flexibility index (Phi) is 51.6. The van der Waals surface area contributed by atoms with Crippen molar-refractivity contribution in [3.05, 3.63) is 20.9 Å². The molecule has 0 heterocycles. The predicted molar refractivity (Wildman–Crippen MR) is 238 cm³/mol. The zero-order valence-corrected chi connectivity index (χ0v) is 41.1. The number of Topliss-reactive ketones (excluding diaryl/α,β-unsaturated/α-hetero) is 2. The van der Waals surface area contributed by atoms with Crippen LogP contribution in [0.1, 0.15) is 131 Å². The summed E-state index contributed by atoms with van der Waals surface area (Å²) >= 11 is 9.74. The number of nitrogens with zero attached hydrogens (tertiary/aromatic N) is 6. The van der Waals surface area contributed by atoms with Crippen LogP contribution in [0.3, 0.4) is 0 Å². The van der Waals surface area contributed by atoms with E-state index in [1.807, 2.05) is 67.0 Å². The number of nitrogens with one attached hydrogen (secondary N) is 3. The van der Waals surface area contributed by atoms with Gasteiger partial charge in [0.25, 0.3) is 0 Å². The molecule has 0 aliphatic heterocycles. The molecule has 0 aromatic rings. The summed E-state index contributed by atoms with van der Waals surface area (Å²) in [6, 6.07) is 0. The van der Waals surface area contributed by atoms with Crippen LogP contribution in [0, 0.1) is 16.2 Å². The first kappa shape index (κ1) is 77.5. The molecule has 3 amide bonds. The molecule has 0 saturated carbocycles. The van der Waals surface area contributed by atoms with Crippen LogP contribution in [0.25, 0.3) is 20.9 Å². The van der Waals surface area contributed by atoms with Gasteiger partial charge in [0, 0.05) is 27.4 Å². The summed E-state index contributed by atoms with van der Waals surface area (Å²) < 4.78 is 73.5. The van der Waals surface area contributed by atoms with Crippen molar-refractivity contribution in [2.75, 3.05) is 20.1 Å². The van der Waals surface area contributed by atoms with Crippen LogP contribution in [-0.2, 0) is 24.0 Å². The quantitative estimate of drug-likeness (QED) is 0.0282. The molecule has 0 spiro atoms. The fourth-order valence-electron chi connectivity index (χ4n) is 1.15. The molecule has 0 aliphatic rings. The lowest BCUT2D eigenvalue weighted by Crippen LogP contribution is -2.45. The van der Waals surface area contributed by atoms with E-state index in [9.17, 15) is 50.3 Å². The van der Waals surface area contributed by atoms with Crippen LogP contribution in [0.15, 0.2) is 10.2 Å². The highest BCUT2D eigenvalue weighted by Gasteiger charge is 2.39. The zero-order chi connectivity index (χ0) is 51.2. The molecule has 0 bridgehead atoms. The molecule has 0 unspecified atom stereocenters. The number of amides is 3. The average Bonchev–Trinajstić information content (AvgIpc) is 3.10. The van der Waals surface area contributed by atoms with Gasteiger partial charge in [-0.15, -0.1) is 0 Å². The van der Waals surface area contributed by atoms with Gasteiger partial charge in [-0.1, -0.05) is 132 Å². The Morgan fingerprint density at radius 2 is 0.783 bits per heavy atom. The third-order valence-electron chi connectivity index (χ3n) is 6.42. The minimum absolute atomic E-state index is 0. The Labute approximate surface area is 369 Å². The van der Waals surface area contributed by atoms with Crippen LogP contribution < -0.4 is 31.4 Å². The van der Waals surface area contributed by atoms with E-state index >= 15 is 0 Å². The molecule has 0 fully saturated rings. The number of rotatable bonds is 8. The molecule has 0 rings (SSSR count). The number of nitrogens with two attached hydrogens (primary N) is 3. The van der Waals surface area contributed by atoms with Crippen LogP contribution in [0.2, 0.25) is 0 Å². The minimum Gasteiger partial charge on any atom is -0.333 e. The molecular weight excluding hydrogens is 867 g/mol. The molecular formula is C34H74F6N12O5S3. The smallest absolute Gasteiger partial charge is 0.333 e. The molecule has 9 N–H and O–H groups in total. The first-order chi connectivity index (χ1) is 26.6. The van der Waals surface area contributed by atoms with Crippen molar-refractivity contribution < 1.29 is 50.3 Å². The number of halogens is 6. The third-order valence-corrected chi connectivity index (χ3v) is 7.17. The van der Waals surface area contributed by atoms with Gasteiger partial charge in [-0.05, 0) is 69.0 Å². The van der Waals surface area contributed by atoms with Gasteiger partial charge in [0.2, 0.25) is 29.3 Å². The van der Waals surface area contributed by atoms with Gasteiger partial charge in [-0.2, -0.15) is 26.3 Å². The second-order valence-electron chi connectivity index (χ2n) is 15.0. The average molecular weight is 941 g/mol. The maximum Gasteiger partial charge on any atom is 0.450 e. The third kappa shape index (κ3) is 64.0. The van der Waals surface area contributed by atoms with Gasteiger partial charge in [-0.3, -0.25) is 24.0 Å². The van der Waals surface area contributed by atoms with Crippen molar-refractivity contribution in [3.8, 4) is 0 Å². The Bertz CT molecular complexity index is 1200. The largest absolute Gasteiger partial charge is 0.450 e. The van der Waals surface area contributed by atoms with E-state index in [2.05, 4.69) is 120 Å². The molecule has 0 radical (unpaired) electrons. The molecule has 0 aromatic carbocycles. The highest BCUT2D eigenvalue weighted by Crippen LogP contribution is 2.37. The topological polar surface area (TPSA) is 297 Å². The summed E-state index contributed by atoms with van der Waals surface area (Å²) in [5.41, 5.74) is 31.9. The summed E-state index contributed by atoms with van der Waals surface area (Å²) in [7, 11) is 1.50. The molecule has 0 aliphatic carbocycles. The summed E-state index contributed by atoms with van der Waals surface area (Å²) in [6.45, 7) is 35.5. The lowest BCUT2D eigenvalue weighted by Gasteiger charge is -2.37. The monoisotopic (exact) mass is 940 g/mol. The van der Waals surface area contributed by atoms with Crippen LogP contribution in [0.4, 0.5) is 26.3 Å². The molecule has 360 valence electrons. The van der Waals surface area contributed by atoms with Gasteiger partial charge in [-0.25, -0.2) is 0 Å². The summed E-state index contributed by atoms with van der Waals surface area (Å²) in [5.74, 6) is -6.72. The number of azide groups is 2. The Balaban J connectivity index is -0.0000000733. The van der Waals surface area contributed by atoms with Gasteiger partial charge in [0.1, 0.15) is 6.54 Å². The molecule has 17 nitrogen and oxygen atoms in total. The number of carbonyl (C=O) groups is 5. The molecule has 60 heavy (non-hydrogen) atoms. The molecule has 0 atom stereocenters. The number of ketones is 2. The van der Waals surface area contributed by atoms with Crippen molar-refractivity contribution >= 4 is 67.7 Å². The lowest BCUT2D eigenvalue weighted by molar-refractivity contribution is -0.172. The normalized spacial score (nSPS) is 10.4. The summed E-state index contributed by atoms with van der Waals surface area (Å²) in [6.07, 6.45) is -12.3. The van der Waals surface area contributed by atoms with Crippen molar-refractivity contribution in [2.24, 2.45) is 43.7 Å². The second-order valence-corrected chi connectivity index (χ2v) is 15.7. The molecule has 0 aromatic heterocycles. The maximum absolute atomic E-state index is 11.4. The summed E-state index contributed by atoms with van der Waals surface area (Å²) in [4.78, 5) is 55.6. The van der Waals surface area contributed by atoms with Crippen molar-refractivity contribution in [1.82, 2.24) is 14.2 Å². The van der Waals surface area contributed by atoms with E-state index in [1.54, 1.807) is 9.44 Å². The van der Waals surface area contributed by atoms with Crippen molar-refractivity contribution in [1.29, 1.82) is 0 Å². The fraction of sp³-hybridized carbons (Fsp3) is 0.853. The standard InChI is InChI=1S/C8H17N3.C7H17N.2C4H4F3NO2S.C4H11N.C2H4N4OS.2C2H6.CH5N/c1-7(2,3)8(4,5)6-10-11-9;1-6(2,3)7(4,5)8;2*5-4(6,7)2(9)1-3(10)8-11;1-4(2,3)5;3-6-4-1-2(7)5-8;3*1-2/h6H2,1-5H3;8H2,1-5H3;2*11H,1H2,(H,8,10);5H2,1-3H3;8H,1H2,(H,5,7);2*1-2H3;2H2,1H3. The molecule has 26 heteroatoms. The van der Waals surface area contributed by atoms with E-state index in [0.717, 1.165) is 0 Å². The van der Waals surface area contributed by atoms with E-state index in [-0.39, 0.29) is 33.9 Å². The van der Waals surface area contributed by atoms with E-state index in [0.29, 0.717) is 6.54 Å². The van der Waals surface area contributed by atoms with E-state index in [1.165, 1.54) is 7.05 Å². The first-order valence-electron chi connectivity index (χ1n) is 17.8. The minimum atomic E-state index is -4.94. The zero-order valence-electron chi connectivity index (χ0n) is 38.4. The predicted octanol–water partition coefficient (Wildman–Crippen LogP) is 8.71. The fourth-order valence-corrected chi connectivity index (χ4v) is 1.38. The number of thiol groups is 3. The van der Waals surface area contributed by atoms with E-state index in [4.69, 9.17) is 22.5 Å². The summed E-state index contributed by atoms with van der Waals surface area (Å²) in [5, 5.41) is 6.55. The van der Waals surface area contributed by atoms with Gasteiger partial charge in [0.05, 0.1) is 12.8 Å². The van der Waals surface area contributed by atoms with Gasteiger partial charge >= 0.3 is 12.4 Å². The number of alkyl halides is 6. The number of hydrogen-bond donors (Lipinski definition) is 9. The van der Waals surface area contributed by atoms with Crippen LogP contribution in [-0.4, -0.2) is 72.9 Å². The highest BCUT2D eigenvalue weighted by atomic mass is 32.1. The van der Waals surface area contributed by atoms with Crippen molar-refractivity contribution in [2.45, 2.75) is 154 Å². The SMILES string of the molecule is CC.CC.CC(C)(C)C(C)(C)CN=[N+]=[N-].CC(C)(C)C(C)(C)N.CC(C)(C)N.CN.O=C(CC(=O)C(F)(F)F)NS.O=C(CC(=O)C(F)(F)F)NS.[N-]=[N+]=NCC(=O)NS. The molecule has 0 saturated heterocycles. The van der Waals surface area contributed by atoms with Crippen LogP contribution in [0.5, 0.6) is 0 Å². The number of carbonyl (C=O) groups excluding carboxylic acids is 5. The number of hydrogen-bond acceptors (Lipinski definition) is 13. The Morgan fingerprint density at radius 1 is 0.550 bits per heavy atom. The Hall–Kier alpha value is -3.12. The first-order valence-corrected chi connectivity index (χ1v) is 19.1. The van der Waals surface area contributed by atoms with E-state index < -0.39 is 54.5 Å².